The first-order chi connectivity index (χ1) is 9.97. The zero-order chi connectivity index (χ0) is 15.3. The van der Waals surface area contributed by atoms with Gasteiger partial charge >= 0.3 is 6.18 Å². The fraction of sp³-hybridized carbons (Fsp3) is 0.0714. The monoisotopic (exact) mass is 311 g/mol. The number of aromatic nitrogens is 1. The predicted molar refractivity (Wildman–Crippen MR) is 75.7 cm³/mol. The number of rotatable bonds is 3. The molecular weight excluding hydrogens is 303 g/mol. The third kappa shape index (κ3) is 4.39. The lowest BCUT2D eigenvalue weighted by atomic mass is 10.1. The van der Waals surface area contributed by atoms with Gasteiger partial charge in [-0.3, -0.25) is 4.98 Å². The van der Waals surface area contributed by atoms with Gasteiger partial charge in [-0.25, -0.2) is 0 Å². The molecule has 0 aliphatic heterocycles. The van der Waals surface area contributed by atoms with E-state index in [1.807, 2.05) is 0 Å². The molecule has 0 atom stereocenters. The lowest BCUT2D eigenvalue weighted by molar-refractivity contribution is -0.137. The van der Waals surface area contributed by atoms with E-state index in [0.717, 1.165) is 17.7 Å². The van der Waals surface area contributed by atoms with E-state index in [0.29, 0.717) is 5.56 Å². The highest BCUT2D eigenvalue weighted by atomic mass is 35.5. The molecule has 0 saturated heterocycles. The fourth-order valence-electron chi connectivity index (χ4n) is 1.45. The highest BCUT2D eigenvalue weighted by molar-refractivity contribution is 6.69. The number of hydrogen-bond donors (Lipinski definition) is 0. The molecule has 3 nitrogen and oxygen atoms in total. The summed E-state index contributed by atoms with van der Waals surface area (Å²) in [6, 6.07) is 7.89. The minimum Gasteiger partial charge on any atom is -0.264 e. The van der Waals surface area contributed by atoms with E-state index in [-0.39, 0.29) is 5.17 Å². The summed E-state index contributed by atoms with van der Waals surface area (Å²) in [7, 11) is 0. The van der Waals surface area contributed by atoms with Crippen molar-refractivity contribution in [2.75, 3.05) is 0 Å². The van der Waals surface area contributed by atoms with Crippen molar-refractivity contribution in [3.05, 3.63) is 65.5 Å². The van der Waals surface area contributed by atoms with Crippen LogP contribution in [0.4, 0.5) is 13.2 Å². The summed E-state index contributed by atoms with van der Waals surface area (Å²) in [4.78, 5) is 3.89. The summed E-state index contributed by atoms with van der Waals surface area (Å²) in [6.45, 7) is 0. The zero-order valence-corrected chi connectivity index (χ0v) is 11.3. The lowest BCUT2D eigenvalue weighted by Crippen LogP contribution is -2.04. The first kappa shape index (κ1) is 15.2. The zero-order valence-electron chi connectivity index (χ0n) is 10.5. The van der Waals surface area contributed by atoms with Gasteiger partial charge in [0.15, 0.2) is 5.17 Å². The molecule has 2 rings (SSSR count). The van der Waals surface area contributed by atoms with E-state index in [9.17, 15) is 13.2 Å². The van der Waals surface area contributed by atoms with Gasteiger partial charge in [0.2, 0.25) is 0 Å². The molecule has 21 heavy (non-hydrogen) atoms. The molecule has 1 aromatic carbocycles. The summed E-state index contributed by atoms with van der Waals surface area (Å²) < 4.78 is 37.3. The Morgan fingerprint density at radius 1 is 1.14 bits per heavy atom. The predicted octanol–water partition coefficient (Wildman–Crippen LogP) is 4.12. The molecule has 0 bridgehead atoms. The molecule has 1 aromatic heterocycles. The van der Waals surface area contributed by atoms with E-state index in [4.69, 9.17) is 11.6 Å². The van der Waals surface area contributed by atoms with E-state index in [2.05, 4.69) is 15.2 Å². The molecule has 1 heterocycles. The second-order valence-corrected chi connectivity index (χ2v) is 4.35. The van der Waals surface area contributed by atoms with Crippen LogP contribution in [0.3, 0.4) is 0 Å². The van der Waals surface area contributed by atoms with Crippen LogP contribution in [0.2, 0.25) is 0 Å². The van der Waals surface area contributed by atoms with Gasteiger partial charge in [-0.2, -0.15) is 18.3 Å². The maximum Gasteiger partial charge on any atom is 0.416 e. The third-order valence-electron chi connectivity index (χ3n) is 2.49. The number of nitrogens with zero attached hydrogens (tertiary/aromatic N) is 3. The number of benzene rings is 1. The van der Waals surface area contributed by atoms with Crippen molar-refractivity contribution in [3.63, 3.8) is 0 Å². The summed E-state index contributed by atoms with van der Waals surface area (Å²) >= 11 is 5.88. The molecule has 108 valence electrons. The Bertz CT molecular complexity index is 649. The Labute approximate surface area is 123 Å². The maximum absolute atomic E-state index is 12.4. The van der Waals surface area contributed by atoms with Gasteiger partial charge in [0.1, 0.15) is 0 Å². The van der Waals surface area contributed by atoms with E-state index in [1.165, 1.54) is 18.3 Å². The normalized spacial score (nSPS) is 12.9. The van der Waals surface area contributed by atoms with Crippen molar-refractivity contribution in [3.8, 4) is 0 Å². The Hall–Kier alpha value is -2.21. The van der Waals surface area contributed by atoms with Gasteiger partial charge in [-0.05, 0) is 18.2 Å². The van der Waals surface area contributed by atoms with Crippen molar-refractivity contribution in [2.45, 2.75) is 6.18 Å². The fourth-order valence-corrected chi connectivity index (χ4v) is 1.62. The molecule has 0 radical (unpaired) electrons. The standard InChI is InChI=1S/C14H9ClF3N3/c15-13(21-20-9-10-2-1-7-19-8-10)11-3-5-12(6-4-11)14(16,17)18/h1-9H/b20-9+,21-13-. The molecule has 0 N–H and O–H groups in total. The highest BCUT2D eigenvalue weighted by Crippen LogP contribution is 2.29. The van der Waals surface area contributed by atoms with Crippen LogP contribution in [0, 0.1) is 0 Å². The van der Waals surface area contributed by atoms with Crippen LogP contribution < -0.4 is 0 Å². The maximum atomic E-state index is 12.4. The SMILES string of the molecule is FC(F)(F)c1ccc(/C(Cl)=N/N=C/c2cccnc2)cc1. The lowest BCUT2D eigenvalue weighted by Gasteiger charge is -2.06. The molecule has 0 fully saturated rings. The van der Waals surface area contributed by atoms with Crippen LogP contribution in [0.15, 0.2) is 59.0 Å². The van der Waals surface area contributed by atoms with Crippen molar-refractivity contribution in [1.82, 2.24) is 4.98 Å². The molecule has 0 aliphatic rings. The van der Waals surface area contributed by atoms with Crippen molar-refractivity contribution in [1.29, 1.82) is 0 Å². The Morgan fingerprint density at radius 3 is 2.43 bits per heavy atom. The van der Waals surface area contributed by atoms with Crippen molar-refractivity contribution < 1.29 is 13.2 Å². The van der Waals surface area contributed by atoms with Gasteiger partial charge in [0.25, 0.3) is 0 Å². The van der Waals surface area contributed by atoms with Gasteiger partial charge in [0.05, 0.1) is 11.8 Å². The second kappa shape index (κ2) is 6.49. The third-order valence-corrected chi connectivity index (χ3v) is 2.78. The molecule has 0 spiro atoms. The van der Waals surface area contributed by atoms with Crippen LogP contribution >= 0.6 is 11.6 Å². The minimum atomic E-state index is -4.37. The number of hydrogen-bond acceptors (Lipinski definition) is 3. The van der Waals surface area contributed by atoms with Crippen LogP contribution in [0.25, 0.3) is 0 Å². The molecule has 7 heteroatoms. The van der Waals surface area contributed by atoms with E-state index in [1.54, 1.807) is 24.5 Å². The second-order valence-electron chi connectivity index (χ2n) is 4.00. The summed E-state index contributed by atoms with van der Waals surface area (Å²) in [5.74, 6) is 0. The number of pyridine rings is 1. The Kier molecular flexibility index (Phi) is 4.70. The first-order valence-electron chi connectivity index (χ1n) is 5.81. The van der Waals surface area contributed by atoms with E-state index >= 15 is 0 Å². The smallest absolute Gasteiger partial charge is 0.264 e. The van der Waals surface area contributed by atoms with Crippen LogP contribution in [-0.4, -0.2) is 16.4 Å². The quantitative estimate of drug-likeness (QED) is 0.620. The average Bonchev–Trinajstić information content (AvgIpc) is 2.47. The largest absolute Gasteiger partial charge is 0.416 e. The molecule has 0 saturated carbocycles. The number of alkyl halides is 3. The van der Waals surface area contributed by atoms with Gasteiger partial charge < -0.3 is 0 Å². The Morgan fingerprint density at radius 2 is 1.86 bits per heavy atom. The van der Waals surface area contributed by atoms with Gasteiger partial charge in [0, 0.05) is 23.5 Å². The van der Waals surface area contributed by atoms with Crippen molar-refractivity contribution in [2.24, 2.45) is 10.2 Å². The minimum absolute atomic E-state index is 0.00358. The molecule has 0 aliphatic carbocycles. The summed E-state index contributed by atoms with van der Waals surface area (Å²) in [6.07, 6.45) is 0.279. The van der Waals surface area contributed by atoms with Crippen LogP contribution in [0.5, 0.6) is 0 Å². The topological polar surface area (TPSA) is 37.6 Å². The van der Waals surface area contributed by atoms with Crippen molar-refractivity contribution >= 4 is 23.0 Å². The first-order valence-corrected chi connectivity index (χ1v) is 6.19. The van der Waals surface area contributed by atoms with Gasteiger partial charge in [-0.1, -0.05) is 29.8 Å². The molecular formula is C14H9ClF3N3. The highest BCUT2D eigenvalue weighted by Gasteiger charge is 2.30. The number of halogens is 4. The molecule has 2 aromatic rings. The molecule has 0 amide bonds. The average molecular weight is 312 g/mol. The Balaban J connectivity index is 2.11. The van der Waals surface area contributed by atoms with E-state index < -0.39 is 11.7 Å². The molecule has 0 unspecified atom stereocenters. The van der Waals surface area contributed by atoms with Gasteiger partial charge in [-0.15, -0.1) is 5.10 Å². The summed E-state index contributed by atoms with van der Waals surface area (Å²) in [5, 5.41) is 7.49. The summed E-state index contributed by atoms with van der Waals surface area (Å²) in [5.41, 5.74) is 0.348. The van der Waals surface area contributed by atoms with Crippen LogP contribution in [-0.2, 0) is 6.18 Å². The van der Waals surface area contributed by atoms with Crippen LogP contribution in [0.1, 0.15) is 16.7 Å².